The topological polar surface area (TPSA) is 48.1 Å². The first-order valence-electron chi connectivity index (χ1n) is 4.86. The van der Waals surface area contributed by atoms with E-state index in [0.29, 0.717) is 0 Å². The van der Waals surface area contributed by atoms with Gasteiger partial charge in [-0.2, -0.15) is 0 Å². The molecule has 2 N–H and O–H groups in total. The summed E-state index contributed by atoms with van der Waals surface area (Å²) in [6, 6.07) is 4.04. The summed E-state index contributed by atoms with van der Waals surface area (Å²) in [6.07, 6.45) is 2.34. The van der Waals surface area contributed by atoms with Crippen molar-refractivity contribution in [3.8, 4) is 16.9 Å². The zero-order valence-corrected chi connectivity index (χ0v) is 9.08. The maximum Gasteiger partial charge on any atom is 0.153 e. The zero-order chi connectivity index (χ0) is 12.4. The van der Waals surface area contributed by atoms with Crippen LogP contribution >= 0.6 is 0 Å². The van der Waals surface area contributed by atoms with Crippen molar-refractivity contribution < 1.29 is 13.5 Å². The van der Waals surface area contributed by atoms with Crippen molar-refractivity contribution in [3.63, 3.8) is 0 Å². The average Bonchev–Trinajstić information content (AvgIpc) is 2.30. The van der Waals surface area contributed by atoms with Crippen LogP contribution in [0.4, 0.5) is 14.5 Å². The first kappa shape index (κ1) is 11.3. The molecule has 0 amide bonds. The SMILES string of the molecule is COc1cncc(F)c1-c1ccc(N)cc1F. The molecule has 0 aliphatic heterocycles. The van der Waals surface area contributed by atoms with Gasteiger partial charge in [0, 0.05) is 11.3 Å². The normalized spacial score (nSPS) is 10.3. The molecule has 3 nitrogen and oxygen atoms in total. The van der Waals surface area contributed by atoms with Gasteiger partial charge in [0.15, 0.2) is 5.82 Å². The molecule has 2 rings (SSSR count). The highest BCUT2D eigenvalue weighted by Gasteiger charge is 2.15. The molecule has 1 heterocycles. The number of methoxy groups -OCH3 is 1. The number of pyridine rings is 1. The fourth-order valence-electron chi connectivity index (χ4n) is 1.57. The molecular formula is C12H10F2N2O. The summed E-state index contributed by atoms with van der Waals surface area (Å²) in [5.74, 6) is -1.07. The van der Waals surface area contributed by atoms with E-state index >= 15 is 0 Å². The zero-order valence-electron chi connectivity index (χ0n) is 9.08. The molecule has 2 aromatic rings. The second-order valence-electron chi connectivity index (χ2n) is 3.44. The molecule has 0 saturated carbocycles. The van der Waals surface area contributed by atoms with Crippen LogP contribution in [-0.4, -0.2) is 12.1 Å². The summed E-state index contributed by atoms with van der Waals surface area (Å²) < 4.78 is 32.3. The van der Waals surface area contributed by atoms with Gasteiger partial charge in [-0.1, -0.05) is 0 Å². The standard InChI is InChI=1S/C12H10F2N2O/c1-17-11-6-16-5-10(14)12(11)8-3-2-7(15)4-9(8)13/h2-6H,15H2,1H3. The van der Waals surface area contributed by atoms with Crippen molar-refractivity contribution in [3.05, 3.63) is 42.2 Å². The Morgan fingerprint density at radius 3 is 2.59 bits per heavy atom. The van der Waals surface area contributed by atoms with Gasteiger partial charge in [-0.15, -0.1) is 0 Å². The quantitative estimate of drug-likeness (QED) is 0.815. The van der Waals surface area contributed by atoms with Crippen molar-refractivity contribution in [2.24, 2.45) is 0 Å². The van der Waals surface area contributed by atoms with Crippen molar-refractivity contribution in [2.75, 3.05) is 12.8 Å². The van der Waals surface area contributed by atoms with Crippen LogP contribution in [0.25, 0.3) is 11.1 Å². The largest absolute Gasteiger partial charge is 0.494 e. The Labute approximate surface area is 96.9 Å². The van der Waals surface area contributed by atoms with Crippen LogP contribution in [-0.2, 0) is 0 Å². The van der Waals surface area contributed by atoms with Crippen LogP contribution in [0, 0.1) is 11.6 Å². The minimum atomic E-state index is -0.645. The number of benzene rings is 1. The summed E-state index contributed by atoms with van der Waals surface area (Å²) in [5, 5.41) is 0. The smallest absolute Gasteiger partial charge is 0.153 e. The van der Waals surface area contributed by atoms with E-state index in [9.17, 15) is 8.78 Å². The van der Waals surface area contributed by atoms with Crippen molar-refractivity contribution >= 4 is 5.69 Å². The minimum absolute atomic E-state index is 0.0417. The molecule has 1 aromatic carbocycles. The number of hydrogen-bond acceptors (Lipinski definition) is 3. The lowest BCUT2D eigenvalue weighted by Gasteiger charge is -2.10. The average molecular weight is 236 g/mol. The molecule has 1 aromatic heterocycles. The molecule has 0 spiro atoms. The summed E-state index contributed by atoms with van der Waals surface area (Å²) in [6.45, 7) is 0. The Morgan fingerprint density at radius 1 is 1.18 bits per heavy atom. The second kappa shape index (κ2) is 4.37. The molecule has 0 unspecified atom stereocenters. The van der Waals surface area contributed by atoms with Crippen molar-refractivity contribution in [2.45, 2.75) is 0 Å². The number of hydrogen-bond donors (Lipinski definition) is 1. The summed E-state index contributed by atoms with van der Waals surface area (Å²) >= 11 is 0. The minimum Gasteiger partial charge on any atom is -0.494 e. The molecule has 17 heavy (non-hydrogen) atoms. The predicted molar refractivity (Wildman–Crippen MR) is 60.6 cm³/mol. The number of nitrogens with zero attached hydrogens (tertiary/aromatic N) is 1. The maximum absolute atomic E-state index is 13.7. The third-order valence-corrected chi connectivity index (χ3v) is 2.35. The number of nitrogen functional groups attached to an aromatic ring is 1. The highest BCUT2D eigenvalue weighted by Crippen LogP contribution is 2.33. The fourth-order valence-corrected chi connectivity index (χ4v) is 1.57. The molecular weight excluding hydrogens is 226 g/mol. The van der Waals surface area contributed by atoms with Crippen LogP contribution in [0.2, 0.25) is 0 Å². The van der Waals surface area contributed by atoms with E-state index in [1.54, 1.807) is 0 Å². The number of halogens is 2. The first-order chi connectivity index (χ1) is 8.13. The van der Waals surface area contributed by atoms with Gasteiger partial charge in [-0.25, -0.2) is 8.78 Å². The Bertz CT molecular complexity index is 558. The van der Waals surface area contributed by atoms with Gasteiger partial charge >= 0.3 is 0 Å². The molecule has 0 bridgehead atoms. The van der Waals surface area contributed by atoms with Gasteiger partial charge in [0.05, 0.1) is 25.1 Å². The monoisotopic (exact) mass is 236 g/mol. The van der Waals surface area contributed by atoms with E-state index < -0.39 is 11.6 Å². The van der Waals surface area contributed by atoms with Gasteiger partial charge in [0.2, 0.25) is 0 Å². The Kier molecular flexibility index (Phi) is 2.91. The van der Waals surface area contributed by atoms with Gasteiger partial charge in [0.1, 0.15) is 11.6 Å². The number of rotatable bonds is 2. The maximum atomic E-state index is 13.7. The van der Waals surface area contributed by atoms with E-state index in [0.717, 1.165) is 12.3 Å². The van der Waals surface area contributed by atoms with Crippen LogP contribution < -0.4 is 10.5 Å². The van der Waals surface area contributed by atoms with Crippen molar-refractivity contribution in [1.29, 1.82) is 0 Å². The Morgan fingerprint density at radius 2 is 1.94 bits per heavy atom. The Balaban J connectivity index is 2.67. The highest BCUT2D eigenvalue weighted by molar-refractivity contribution is 5.72. The van der Waals surface area contributed by atoms with Gasteiger partial charge in [0.25, 0.3) is 0 Å². The van der Waals surface area contributed by atoms with E-state index in [4.69, 9.17) is 10.5 Å². The third-order valence-electron chi connectivity index (χ3n) is 2.35. The Hall–Kier alpha value is -2.17. The van der Waals surface area contributed by atoms with E-state index in [-0.39, 0.29) is 22.6 Å². The summed E-state index contributed by atoms with van der Waals surface area (Å²) in [5.41, 5.74) is 5.85. The van der Waals surface area contributed by atoms with E-state index in [1.165, 1.54) is 25.4 Å². The van der Waals surface area contributed by atoms with Gasteiger partial charge < -0.3 is 10.5 Å². The second-order valence-corrected chi connectivity index (χ2v) is 3.44. The van der Waals surface area contributed by atoms with Crippen LogP contribution in [0.5, 0.6) is 5.75 Å². The van der Waals surface area contributed by atoms with Crippen LogP contribution in [0.3, 0.4) is 0 Å². The molecule has 0 saturated heterocycles. The van der Waals surface area contributed by atoms with Crippen LogP contribution in [0.15, 0.2) is 30.6 Å². The lowest BCUT2D eigenvalue weighted by atomic mass is 10.0. The number of aromatic nitrogens is 1. The lowest BCUT2D eigenvalue weighted by molar-refractivity contribution is 0.410. The molecule has 0 radical (unpaired) electrons. The number of anilines is 1. The summed E-state index contributed by atoms with van der Waals surface area (Å²) in [4.78, 5) is 3.64. The molecule has 0 fully saturated rings. The lowest BCUT2D eigenvalue weighted by Crippen LogP contribution is -1.96. The predicted octanol–water partition coefficient (Wildman–Crippen LogP) is 2.62. The summed E-state index contributed by atoms with van der Waals surface area (Å²) in [7, 11) is 1.37. The van der Waals surface area contributed by atoms with Crippen molar-refractivity contribution in [1.82, 2.24) is 4.98 Å². The fraction of sp³-hybridized carbons (Fsp3) is 0.0833. The van der Waals surface area contributed by atoms with E-state index in [2.05, 4.69) is 4.98 Å². The highest BCUT2D eigenvalue weighted by atomic mass is 19.1. The molecule has 0 aliphatic carbocycles. The molecule has 0 aliphatic rings. The van der Waals surface area contributed by atoms with Gasteiger partial charge in [-0.3, -0.25) is 4.98 Å². The molecule has 0 atom stereocenters. The number of ether oxygens (including phenoxy) is 1. The van der Waals surface area contributed by atoms with E-state index in [1.807, 2.05) is 0 Å². The van der Waals surface area contributed by atoms with Crippen LogP contribution in [0.1, 0.15) is 0 Å². The molecule has 88 valence electrons. The first-order valence-corrected chi connectivity index (χ1v) is 4.86. The van der Waals surface area contributed by atoms with Gasteiger partial charge in [-0.05, 0) is 18.2 Å². The number of nitrogens with two attached hydrogens (primary N) is 1. The third kappa shape index (κ3) is 2.04. The molecule has 5 heteroatoms.